The van der Waals surface area contributed by atoms with Crippen LogP contribution in [0.2, 0.25) is 0 Å². The third-order valence-corrected chi connectivity index (χ3v) is 12.2. The van der Waals surface area contributed by atoms with Crippen LogP contribution in [0.3, 0.4) is 0 Å². The summed E-state index contributed by atoms with van der Waals surface area (Å²) in [5.74, 6) is 0. The molecule has 0 radical (unpaired) electrons. The summed E-state index contributed by atoms with van der Waals surface area (Å²) in [4.78, 5) is 0. The van der Waals surface area contributed by atoms with Crippen molar-refractivity contribution in [3.05, 3.63) is 24.3 Å². The molecule has 0 aliphatic carbocycles. The molecular weight excluding hydrogens is 709 g/mol. The Morgan fingerprint density at radius 1 is 0.362 bits per heavy atom. The molecule has 0 heterocycles. The van der Waals surface area contributed by atoms with Gasteiger partial charge < -0.3 is 18.4 Å². The van der Waals surface area contributed by atoms with Gasteiger partial charge in [-0.1, -0.05) is 179 Å². The number of unbranched alkanes of at least 4 members (excludes halogenated alkanes) is 31. The maximum atomic E-state index is 6.59. The minimum atomic E-state index is 0.207. The average Bonchev–Trinajstić information content (AvgIpc) is 3.18. The van der Waals surface area contributed by atoms with E-state index in [-0.39, 0.29) is 6.10 Å². The molecule has 0 rings (SSSR count). The molecule has 1 unspecified atom stereocenters. The lowest BCUT2D eigenvalue weighted by molar-refractivity contribution is -0.893. The van der Waals surface area contributed by atoms with Gasteiger partial charge in [-0.05, 0) is 89.9 Å². The highest BCUT2D eigenvalue weighted by Gasteiger charge is 2.23. The Kier molecular flexibility index (Phi) is 43.9. The zero-order chi connectivity index (χ0) is 42.5. The van der Waals surface area contributed by atoms with Crippen LogP contribution in [-0.2, 0) is 9.47 Å². The predicted molar refractivity (Wildman–Crippen MR) is 261 cm³/mol. The molecule has 4 heteroatoms. The van der Waals surface area contributed by atoms with E-state index in [0.717, 1.165) is 35.3 Å². The van der Waals surface area contributed by atoms with Crippen LogP contribution < -0.4 is 0 Å². The van der Waals surface area contributed by atoms with Crippen LogP contribution in [0.4, 0.5) is 0 Å². The van der Waals surface area contributed by atoms with Gasteiger partial charge in [0, 0.05) is 13.2 Å². The second-order valence-corrected chi connectivity index (χ2v) is 20.1. The number of nitrogens with zero attached hydrogens (tertiary/aromatic N) is 2. The standard InChI is InChI=1S/C54H110N2O2/c1-8-10-12-14-16-18-20-22-24-26-28-30-34-38-42-46-50-57-53-54(52-56(6,7)49-45-41-37-33-32-36-40-44-48-55(3,4)5)58-51-47-43-39-35-31-29-27-25-23-21-19-17-15-13-11-9-2/h22-25,54H,8-21,26-53H2,1-7H3/q+2/b24-22-,25-23-. The number of rotatable bonds is 48. The van der Waals surface area contributed by atoms with Crippen molar-refractivity contribution < 1.29 is 18.4 Å². The van der Waals surface area contributed by atoms with Crippen LogP contribution in [-0.4, -0.2) is 89.8 Å². The minimum Gasteiger partial charge on any atom is -0.379 e. The monoisotopic (exact) mass is 819 g/mol. The van der Waals surface area contributed by atoms with Gasteiger partial charge >= 0.3 is 0 Å². The predicted octanol–water partition coefficient (Wildman–Crippen LogP) is 16.4. The van der Waals surface area contributed by atoms with Gasteiger partial charge in [0.25, 0.3) is 0 Å². The van der Waals surface area contributed by atoms with Gasteiger partial charge in [-0.15, -0.1) is 0 Å². The summed E-state index contributed by atoms with van der Waals surface area (Å²) < 4.78 is 15.0. The Balaban J connectivity index is 4.26. The topological polar surface area (TPSA) is 18.5 Å². The van der Waals surface area contributed by atoms with E-state index in [1.54, 1.807) is 0 Å². The smallest absolute Gasteiger partial charge is 0.130 e. The summed E-state index contributed by atoms with van der Waals surface area (Å²) in [7, 11) is 11.8. The molecule has 0 aromatic heterocycles. The Morgan fingerprint density at radius 3 is 1.09 bits per heavy atom. The fourth-order valence-corrected chi connectivity index (χ4v) is 8.25. The number of ether oxygens (including phenoxy) is 2. The quantitative estimate of drug-likeness (QED) is 0.0346. The van der Waals surface area contributed by atoms with Crippen LogP contribution in [0.15, 0.2) is 24.3 Å². The molecule has 0 fully saturated rings. The molecular formula is C54H110N2O2+2. The number of hydrogen-bond acceptors (Lipinski definition) is 2. The summed E-state index contributed by atoms with van der Waals surface area (Å²) in [6.45, 7) is 10.7. The van der Waals surface area contributed by atoms with E-state index in [1.165, 1.54) is 244 Å². The molecule has 0 saturated carbocycles. The second-order valence-electron chi connectivity index (χ2n) is 20.1. The summed E-state index contributed by atoms with van der Waals surface area (Å²) in [5.41, 5.74) is 0. The molecule has 0 N–H and O–H groups in total. The van der Waals surface area contributed by atoms with Gasteiger partial charge in [-0.25, -0.2) is 0 Å². The average molecular weight is 819 g/mol. The van der Waals surface area contributed by atoms with Crippen molar-refractivity contribution in [1.29, 1.82) is 0 Å². The van der Waals surface area contributed by atoms with Crippen molar-refractivity contribution in [3.8, 4) is 0 Å². The van der Waals surface area contributed by atoms with Gasteiger partial charge in [0.2, 0.25) is 0 Å². The highest BCUT2D eigenvalue weighted by molar-refractivity contribution is 4.82. The van der Waals surface area contributed by atoms with Gasteiger partial charge in [-0.3, -0.25) is 0 Å². The van der Waals surface area contributed by atoms with E-state index in [2.05, 4.69) is 73.4 Å². The molecule has 1 atom stereocenters. The van der Waals surface area contributed by atoms with E-state index >= 15 is 0 Å². The fourth-order valence-electron chi connectivity index (χ4n) is 8.25. The molecule has 0 amide bonds. The first-order chi connectivity index (χ1) is 28.2. The van der Waals surface area contributed by atoms with Gasteiger partial charge in [-0.2, -0.15) is 0 Å². The van der Waals surface area contributed by atoms with Crippen LogP contribution >= 0.6 is 0 Å². The van der Waals surface area contributed by atoms with E-state index < -0.39 is 0 Å². The van der Waals surface area contributed by atoms with Crippen molar-refractivity contribution in [1.82, 2.24) is 0 Å². The van der Waals surface area contributed by atoms with Crippen molar-refractivity contribution >= 4 is 0 Å². The van der Waals surface area contributed by atoms with Crippen molar-refractivity contribution in [2.75, 3.05) is 74.7 Å². The zero-order valence-corrected chi connectivity index (χ0v) is 41.3. The Morgan fingerprint density at radius 2 is 0.690 bits per heavy atom. The van der Waals surface area contributed by atoms with E-state index in [1.807, 2.05) is 0 Å². The summed E-state index contributed by atoms with van der Waals surface area (Å²) in [6.07, 6.45) is 58.8. The molecule has 0 aromatic rings. The molecule has 0 aliphatic rings. The Hall–Kier alpha value is -0.680. The first-order valence-corrected chi connectivity index (χ1v) is 26.3. The van der Waals surface area contributed by atoms with Crippen LogP contribution in [0.25, 0.3) is 0 Å². The van der Waals surface area contributed by atoms with Crippen LogP contribution in [0.5, 0.6) is 0 Å². The molecule has 58 heavy (non-hydrogen) atoms. The first kappa shape index (κ1) is 57.3. The van der Waals surface area contributed by atoms with E-state index in [4.69, 9.17) is 9.47 Å². The van der Waals surface area contributed by atoms with E-state index in [0.29, 0.717) is 0 Å². The van der Waals surface area contributed by atoms with Crippen LogP contribution in [0, 0.1) is 0 Å². The summed E-state index contributed by atoms with van der Waals surface area (Å²) >= 11 is 0. The Labute approximate surface area is 367 Å². The summed E-state index contributed by atoms with van der Waals surface area (Å²) in [5, 5.41) is 0. The molecule has 0 aliphatic heterocycles. The molecule has 0 saturated heterocycles. The largest absolute Gasteiger partial charge is 0.379 e. The number of allylic oxidation sites excluding steroid dienone is 4. The molecule has 4 nitrogen and oxygen atoms in total. The Bertz CT molecular complexity index is 846. The van der Waals surface area contributed by atoms with Gasteiger partial charge in [0.15, 0.2) is 0 Å². The number of likely N-dealkylation sites (N-methyl/N-ethyl adjacent to an activating group) is 1. The number of quaternary nitrogens is 2. The highest BCUT2D eigenvalue weighted by atomic mass is 16.5. The maximum Gasteiger partial charge on any atom is 0.130 e. The molecule has 0 bridgehead atoms. The van der Waals surface area contributed by atoms with E-state index in [9.17, 15) is 0 Å². The third-order valence-electron chi connectivity index (χ3n) is 12.2. The van der Waals surface area contributed by atoms with Crippen molar-refractivity contribution in [2.24, 2.45) is 0 Å². The lowest BCUT2D eigenvalue weighted by atomic mass is 10.1. The lowest BCUT2D eigenvalue weighted by Gasteiger charge is -2.33. The minimum absolute atomic E-state index is 0.207. The first-order valence-electron chi connectivity index (χ1n) is 26.3. The molecule has 0 spiro atoms. The maximum absolute atomic E-state index is 6.59. The summed E-state index contributed by atoms with van der Waals surface area (Å²) in [6, 6.07) is 0. The lowest BCUT2D eigenvalue weighted by Crippen LogP contribution is -2.48. The normalized spacial score (nSPS) is 13.2. The number of hydrogen-bond donors (Lipinski definition) is 0. The zero-order valence-electron chi connectivity index (χ0n) is 41.3. The second kappa shape index (κ2) is 44.4. The van der Waals surface area contributed by atoms with Crippen LogP contribution in [0.1, 0.15) is 245 Å². The van der Waals surface area contributed by atoms with Gasteiger partial charge in [0.1, 0.15) is 12.6 Å². The van der Waals surface area contributed by atoms with Crippen molar-refractivity contribution in [2.45, 2.75) is 251 Å². The van der Waals surface area contributed by atoms with Crippen molar-refractivity contribution in [3.63, 3.8) is 0 Å². The fraction of sp³-hybridized carbons (Fsp3) is 0.926. The third kappa shape index (κ3) is 48.0. The SMILES string of the molecule is CCCCCCCC/C=C\CCCCCCCCOCC(C[N+](C)(C)CCCCCCCCCC[N+](C)(C)C)OCCCCCCCC/C=C\CCCCCCCC. The van der Waals surface area contributed by atoms with Gasteiger partial charge in [0.05, 0.1) is 54.9 Å². The molecule has 346 valence electrons. The molecule has 0 aromatic carbocycles. The highest BCUT2D eigenvalue weighted by Crippen LogP contribution is 2.15.